The van der Waals surface area contributed by atoms with Crippen molar-refractivity contribution < 1.29 is 14.7 Å². The van der Waals surface area contributed by atoms with Gasteiger partial charge in [0.1, 0.15) is 0 Å². The van der Waals surface area contributed by atoms with Gasteiger partial charge in [-0.05, 0) is 18.3 Å². The van der Waals surface area contributed by atoms with Gasteiger partial charge in [0.2, 0.25) is 11.8 Å². The number of primary amides is 1. The van der Waals surface area contributed by atoms with Crippen molar-refractivity contribution in [3.05, 3.63) is 12.2 Å². The lowest BCUT2D eigenvalue weighted by atomic mass is 9.82. The van der Waals surface area contributed by atoms with Crippen LogP contribution < -0.4 is 11.1 Å². The number of rotatable bonds is 4. The molecule has 5 nitrogen and oxygen atoms in total. The van der Waals surface area contributed by atoms with E-state index in [0.29, 0.717) is 0 Å². The monoisotopic (exact) mass is 224 g/mol. The molecular weight excluding hydrogens is 208 g/mol. The zero-order chi connectivity index (χ0) is 11.7. The third-order valence-corrected chi connectivity index (χ3v) is 3.50. The number of aliphatic hydroxyl groups is 1. The molecule has 0 heterocycles. The van der Waals surface area contributed by atoms with E-state index in [1.54, 1.807) is 0 Å². The largest absolute Gasteiger partial charge is 0.395 e. The van der Waals surface area contributed by atoms with Crippen molar-refractivity contribution in [2.45, 2.75) is 6.42 Å². The molecule has 1 saturated carbocycles. The summed E-state index contributed by atoms with van der Waals surface area (Å²) in [5, 5.41) is 11.3. The normalized spacial score (nSPS) is 35.3. The molecule has 0 aromatic carbocycles. The molecule has 4 N–H and O–H groups in total. The van der Waals surface area contributed by atoms with E-state index < -0.39 is 5.91 Å². The van der Waals surface area contributed by atoms with Crippen molar-refractivity contribution in [3.8, 4) is 0 Å². The number of allylic oxidation sites excluding steroid dienone is 2. The maximum absolute atomic E-state index is 11.8. The van der Waals surface area contributed by atoms with Gasteiger partial charge in [-0.3, -0.25) is 9.59 Å². The van der Waals surface area contributed by atoms with Crippen LogP contribution in [-0.2, 0) is 9.59 Å². The fraction of sp³-hybridized carbons (Fsp3) is 0.636. The van der Waals surface area contributed by atoms with Crippen molar-refractivity contribution in [2.24, 2.45) is 29.4 Å². The van der Waals surface area contributed by atoms with Crippen molar-refractivity contribution in [1.82, 2.24) is 5.32 Å². The highest BCUT2D eigenvalue weighted by Gasteiger charge is 2.50. The van der Waals surface area contributed by atoms with E-state index in [2.05, 4.69) is 5.32 Å². The van der Waals surface area contributed by atoms with Crippen molar-refractivity contribution in [1.29, 1.82) is 0 Å². The third-order valence-electron chi connectivity index (χ3n) is 3.50. The first-order valence-corrected chi connectivity index (χ1v) is 5.51. The molecule has 0 aliphatic heterocycles. The second kappa shape index (κ2) is 4.25. The van der Waals surface area contributed by atoms with Crippen molar-refractivity contribution >= 4 is 11.8 Å². The average molecular weight is 224 g/mol. The van der Waals surface area contributed by atoms with Crippen molar-refractivity contribution in [2.75, 3.05) is 13.2 Å². The molecule has 2 amide bonds. The summed E-state index contributed by atoms with van der Waals surface area (Å²) in [6, 6.07) is 0. The molecule has 0 aromatic rings. The number of carbonyl (C=O) groups is 2. The van der Waals surface area contributed by atoms with Gasteiger partial charge >= 0.3 is 0 Å². The Hall–Kier alpha value is -1.36. The van der Waals surface area contributed by atoms with E-state index in [9.17, 15) is 9.59 Å². The molecule has 1 fully saturated rings. The number of aliphatic hydroxyl groups excluding tert-OH is 1. The maximum atomic E-state index is 11.8. The molecule has 0 saturated heterocycles. The predicted octanol–water partition coefficient (Wildman–Crippen LogP) is -0.981. The minimum absolute atomic E-state index is 0.0936. The molecule has 0 radical (unpaired) electrons. The molecule has 4 atom stereocenters. The summed E-state index contributed by atoms with van der Waals surface area (Å²) in [5.74, 6) is -1.06. The van der Waals surface area contributed by atoms with Crippen LogP contribution in [0, 0.1) is 23.7 Å². The van der Waals surface area contributed by atoms with E-state index in [1.807, 2.05) is 12.2 Å². The van der Waals surface area contributed by atoms with Crippen LogP contribution in [0.1, 0.15) is 6.42 Å². The fourth-order valence-corrected chi connectivity index (χ4v) is 2.86. The van der Waals surface area contributed by atoms with Crippen LogP contribution in [0.5, 0.6) is 0 Å². The van der Waals surface area contributed by atoms with Gasteiger partial charge in [-0.25, -0.2) is 0 Å². The van der Waals surface area contributed by atoms with Crippen LogP contribution in [-0.4, -0.2) is 30.1 Å². The maximum Gasteiger partial charge on any atom is 0.224 e. The first-order chi connectivity index (χ1) is 7.65. The minimum Gasteiger partial charge on any atom is -0.395 e. The van der Waals surface area contributed by atoms with E-state index in [1.165, 1.54) is 0 Å². The zero-order valence-electron chi connectivity index (χ0n) is 8.93. The Morgan fingerprint density at radius 1 is 1.31 bits per heavy atom. The van der Waals surface area contributed by atoms with Crippen LogP contribution in [0.15, 0.2) is 12.2 Å². The van der Waals surface area contributed by atoms with Gasteiger partial charge in [0.25, 0.3) is 0 Å². The smallest absolute Gasteiger partial charge is 0.224 e. The van der Waals surface area contributed by atoms with Gasteiger partial charge in [-0.1, -0.05) is 12.2 Å². The Kier molecular flexibility index (Phi) is 2.96. The number of carbonyl (C=O) groups excluding carboxylic acids is 2. The van der Waals surface area contributed by atoms with Gasteiger partial charge in [0.05, 0.1) is 18.4 Å². The molecule has 2 bridgehead atoms. The number of amides is 2. The lowest BCUT2D eigenvalue weighted by molar-refractivity contribution is -0.133. The molecule has 2 rings (SSSR count). The second-order valence-electron chi connectivity index (χ2n) is 4.42. The Balaban J connectivity index is 2.10. The molecule has 5 heteroatoms. The SMILES string of the molecule is NC(=O)C1C2C=CC(C2)C1C(=O)NCCO. The zero-order valence-corrected chi connectivity index (χ0v) is 8.93. The standard InChI is InChI=1S/C11H16N2O3/c12-10(15)8-6-1-2-7(5-6)9(8)11(16)13-3-4-14/h1-2,6-9,14H,3-5H2,(H2,12,15)(H,13,16). The summed E-state index contributed by atoms with van der Waals surface area (Å²) in [6.45, 7) is 0.131. The number of nitrogens with two attached hydrogens (primary N) is 1. The summed E-state index contributed by atoms with van der Waals surface area (Å²) in [5.41, 5.74) is 5.34. The number of fused-ring (bicyclic) bond motifs is 2. The number of nitrogens with one attached hydrogen (secondary N) is 1. The second-order valence-corrected chi connectivity index (χ2v) is 4.42. The first kappa shape index (κ1) is 11.1. The number of hydrogen-bond donors (Lipinski definition) is 3. The van der Waals surface area contributed by atoms with E-state index in [0.717, 1.165) is 6.42 Å². The summed E-state index contributed by atoms with van der Waals surface area (Å²) in [7, 11) is 0. The van der Waals surface area contributed by atoms with Gasteiger partial charge in [-0.15, -0.1) is 0 Å². The molecule has 2 aliphatic carbocycles. The highest BCUT2D eigenvalue weighted by Crippen LogP contribution is 2.47. The molecule has 0 spiro atoms. The van der Waals surface area contributed by atoms with Gasteiger partial charge < -0.3 is 16.2 Å². The van der Waals surface area contributed by atoms with Crippen LogP contribution in [0.25, 0.3) is 0 Å². The topological polar surface area (TPSA) is 92.4 Å². The summed E-state index contributed by atoms with van der Waals surface area (Å²) < 4.78 is 0. The summed E-state index contributed by atoms with van der Waals surface area (Å²) >= 11 is 0. The quantitative estimate of drug-likeness (QED) is 0.536. The van der Waals surface area contributed by atoms with Crippen LogP contribution in [0.2, 0.25) is 0 Å². The molecule has 2 aliphatic rings. The van der Waals surface area contributed by atoms with E-state index in [4.69, 9.17) is 10.8 Å². The first-order valence-electron chi connectivity index (χ1n) is 5.51. The van der Waals surface area contributed by atoms with Crippen LogP contribution >= 0.6 is 0 Å². The lowest BCUT2D eigenvalue weighted by Crippen LogP contribution is -2.43. The van der Waals surface area contributed by atoms with E-state index >= 15 is 0 Å². The minimum atomic E-state index is -0.402. The molecule has 4 unspecified atom stereocenters. The molecular formula is C11H16N2O3. The Bertz CT molecular complexity index is 340. The third kappa shape index (κ3) is 1.71. The van der Waals surface area contributed by atoms with Crippen LogP contribution in [0.4, 0.5) is 0 Å². The van der Waals surface area contributed by atoms with Gasteiger partial charge in [-0.2, -0.15) is 0 Å². The fourth-order valence-electron chi connectivity index (χ4n) is 2.86. The Labute approximate surface area is 93.7 Å². The summed E-state index contributed by atoms with van der Waals surface area (Å²) in [6.07, 6.45) is 4.81. The highest BCUT2D eigenvalue weighted by molar-refractivity contribution is 5.88. The average Bonchev–Trinajstić information content (AvgIpc) is 2.84. The summed E-state index contributed by atoms with van der Waals surface area (Å²) in [4.78, 5) is 23.2. The Morgan fingerprint density at radius 3 is 2.50 bits per heavy atom. The molecule has 0 aromatic heterocycles. The lowest BCUT2D eigenvalue weighted by Gasteiger charge is -2.24. The highest BCUT2D eigenvalue weighted by atomic mass is 16.3. The van der Waals surface area contributed by atoms with Gasteiger partial charge in [0, 0.05) is 6.54 Å². The predicted molar refractivity (Wildman–Crippen MR) is 57.0 cm³/mol. The molecule has 16 heavy (non-hydrogen) atoms. The molecule has 88 valence electrons. The number of hydrogen-bond acceptors (Lipinski definition) is 3. The van der Waals surface area contributed by atoms with Crippen LogP contribution in [0.3, 0.4) is 0 Å². The van der Waals surface area contributed by atoms with E-state index in [-0.39, 0.29) is 42.7 Å². The van der Waals surface area contributed by atoms with Crippen molar-refractivity contribution in [3.63, 3.8) is 0 Å². The Morgan fingerprint density at radius 2 is 1.94 bits per heavy atom. The van der Waals surface area contributed by atoms with Gasteiger partial charge in [0.15, 0.2) is 0 Å².